The largest absolute Gasteiger partial charge is 0.337 e. The Kier molecular flexibility index (Phi) is 6.15. The van der Waals surface area contributed by atoms with Crippen LogP contribution < -0.4 is 0 Å². The third-order valence-electron chi connectivity index (χ3n) is 3.76. The van der Waals surface area contributed by atoms with Gasteiger partial charge in [-0.3, -0.25) is 4.79 Å². The summed E-state index contributed by atoms with van der Waals surface area (Å²) < 4.78 is 26.3. The number of sulfonamides is 1. The highest BCUT2D eigenvalue weighted by atomic mass is 32.2. The minimum Gasteiger partial charge on any atom is -0.337 e. The van der Waals surface area contributed by atoms with Gasteiger partial charge in [0.15, 0.2) is 0 Å². The topological polar surface area (TPSA) is 57.7 Å². The molecule has 0 saturated carbocycles. The first kappa shape index (κ1) is 18.6. The number of carbonyl (C=O) groups excluding carboxylic acids is 1. The molecule has 2 aromatic rings. The van der Waals surface area contributed by atoms with Crippen molar-refractivity contribution in [3.63, 3.8) is 0 Å². The zero-order chi connectivity index (χ0) is 17.7. The number of rotatable bonds is 7. The van der Waals surface area contributed by atoms with Gasteiger partial charge in [-0.1, -0.05) is 19.9 Å². The van der Waals surface area contributed by atoms with Crippen LogP contribution in [0.3, 0.4) is 0 Å². The summed E-state index contributed by atoms with van der Waals surface area (Å²) in [6.07, 6.45) is 0. The molecule has 24 heavy (non-hydrogen) atoms. The van der Waals surface area contributed by atoms with E-state index in [0.29, 0.717) is 25.2 Å². The minimum atomic E-state index is -3.49. The normalized spacial score (nSPS) is 11.7. The number of hydrogen-bond acceptors (Lipinski definition) is 4. The summed E-state index contributed by atoms with van der Waals surface area (Å²) in [5, 5.41) is 1.97. The Hall–Kier alpha value is -1.70. The second-order valence-electron chi connectivity index (χ2n) is 5.35. The van der Waals surface area contributed by atoms with Gasteiger partial charge in [0.1, 0.15) is 0 Å². The summed E-state index contributed by atoms with van der Waals surface area (Å²) in [6, 6.07) is 10.1. The Morgan fingerprint density at radius 2 is 1.71 bits per heavy atom. The predicted octanol–water partition coefficient (Wildman–Crippen LogP) is 3.05. The lowest BCUT2D eigenvalue weighted by Gasteiger charge is -2.19. The maximum Gasteiger partial charge on any atom is 0.253 e. The number of thiophene rings is 1. The average Bonchev–Trinajstić information content (AvgIpc) is 3.08. The van der Waals surface area contributed by atoms with E-state index in [1.54, 1.807) is 49.3 Å². The molecule has 0 saturated heterocycles. The van der Waals surface area contributed by atoms with Crippen molar-refractivity contribution in [2.24, 2.45) is 0 Å². The van der Waals surface area contributed by atoms with Crippen LogP contribution in [0, 0.1) is 0 Å². The average molecular weight is 367 g/mol. The van der Waals surface area contributed by atoms with Crippen molar-refractivity contribution < 1.29 is 13.2 Å². The van der Waals surface area contributed by atoms with Crippen LogP contribution in [0.4, 0.5) is 0 Å². The van der Waals surface area contributed by atoms with Gasteiger partial charge in [-0.25, -0.2) is 8.42 Å². The fraction of sp³-hybridized carbons (Fsp3) is 0.353. The fourth-order valence-electron chi connectivity index (χ4n) is 2.41. The van der Waals surface area contributed by atoms with Crippen molar-refractivity contribution in [2.45, 2.75) is 25.3 Å². The van der Waals surface area contributed by atoms with E-state index in [1.165, 1.54) is 16.4 Å². The van der Waals surface area contributed by atoms with Gasteiger partial charge in [0.05, 0.1) is 11.4 Å². The van der Waals surface area contributed by atoms with E-state index in [9.17, 15) is 13.2 Å². The molecule has 0 N–H and O–H groups in total. The number of benzene rings is 1. The molecule has 1 aromatic carbocycles. The molecular formula is C17H22N2O3S2. The van der Waals surface area contributed by atoms with Crippen molar-refractivity contribution in [3.05, 3.63) is 52.2 Å². The van der Waals surface area contributed by atoms with E-state index in [4.69, 9.17) is 0 Å². The molecule has 1 amide bonds. The van der Waals surface area contributed by atoms with Crippen LogP contribution in [0.1, 0.15) is 29.1 Å². The standard InChI is InChI=1S/C17H22N2O3S2/c1-4-19(5-2)24(21,22)16-10-8-14(9-11-16)17(20)18(3)13-15-7-6-12-23-15/h6-12H,4-5,13H2,1-3H3. The second kappa shape index (κ2) is 7.92. The number of carbonyl (C=O) groups is 1. The van der Waals surface area contributed by atoms with Crippen LogP contribution in [0.25, 0.3) is 0 Å². The van der Waals surface area contributed by atoms with Crippen LogP contribution in [-0.4, -0.2) is 43.7 Å². The minimum absolute atomic E-state index is 0.129. The van der Waals surface area contributed by atoms with E-state index in [0.717, 1.165) is 4.88 Å². The van der Waals surface area contributed by atoms with Gasteiger partial charge in [0.2, 0.25) is 10.0 Å². The summed E-state index contributed by atoms with van der Waals surface area (Å²) >= 11 is 1.60. The van der Waals surface area contributed by atoms with E-state index in [-0.39, 0.29) is 10.8 Å². The molecule has 7 heteroatoms. The Morgan fingerprint density at radius 3 is 2.21 bits per heavy atom. The van der Waals surface area contributed by atoms with Crippen molar-refractivity contribution in [1.82, 2.24) is 9.21 Å². The molecule has 1 heterocycles. The lowest BCUT2D eigenvalue weighted by molar-refractivity contribution is 0.0786. The highest BCUT2D eigenvalue weighted by Gasteiger charge is 2.22. The number of hydrogen-bond donors (Lipinski definition) is 0. The molecule has 5 nitrogen and oxygen atoms in total. The molecule has 0 aliphatic carbocycles. The highest BCUT2D eigenvalue weighted by molar-refractivity contribution is 7.89. The summed E-state index contributed by atoms with van der Waals surface area (Å²) in [4.78, 5) is 15.4. The molecule has 0 unspecified atom stereocenters. The predicted molar refractivity (Wildman–Crippen MR) is 96.7 cm³/mol. The van der Waals surface area contributed by atoms with Crippen LogP contribution in [0.15, 0.2) is 46.7 Å². The van der Waals surface area contributed by atoms with Crippen molar-refractivity contribution in [3.8, 4) is 0 Å². The van der Waals surface area contributed by atoms with Crippen LogP contribution >= 0.6 is 11.3 Å². The smallest absolute Gasteiger partial charge is 0.253 e. The monoisotopic (exact) mass is 366 g/mol. The fourth-order valence-corrected chi connectivity index (χ4v) is 4.63. The van der Waals surface area contributed by atoms with Crippen molar-refractivity contribution >= 4 is 27.3 Å². The summed E-state index contributed by atoms with van der Waals surface area (Å²) in [5.41, 5.74) is 0.479. The van der Waals surface area contributed by atoms with Crippen LogP contribution in [0.2, 0.25) is 0 Å². The molecular weight excluding hydrogens is 344 g/mol. The quantitative estimate of drug-likeness (QED) is 0.757. The lowest BCUT2D eigenvalue weighted by atomic mass is 10.2. The SMILES string of the molecule is CCN(CC)S(=O)(=O)c1ccc(C(=O)N(C)Cc2cccs2)cc1. The Bertz CT molecular complexity index is 765. The lowest BCUT2D eigenvalue weighted by Crippen LogP contribution is -2.30. The summed E-state index contributed by atoms with van der Waals surface area (Å²) in [5.74, 6) is -0.129. The Morgan fingerprint density at radius 1 is 1.08 bits per heavy atom. The molecule has 0 fully saturated rings. The summed E-state index contributed by atoms with van der Waals surface area (Å²) in [7, 11) is -1.76. The first-order valence-corrected chi connectivity index (χ1v) is 10.1. The van der Waals surface area contributed by atoms with Crippen LogP contribution in [0.5, 0.6) is 0 Å². The maximum absolute atomic E-state index is 12.5. The van der Waals surface area contributed by atoms with Gasteiger partial charge in [-0.2, -0.15) is 4.31 Å². The molecule has 1 aromatic heterocycles. The van der Waals surface area contributed by atoms with Crippen molar-refractivity contribution in [2.75, 3.05) is 20.1 Å². The zero-order valence-electron chi connectivity index (χ0n) is 14.1. The molecule has 0 radical (unpaired) electrons. The molecule has 0 aliphatic heterocycles. The van der Waals surface area contributed by atoms with Crippen LogP contribution in [-0.2, 0) is 16.6 Å². The Labute approximate surface area is 147 Å². The third kappa shape index (κ3) is 4.03. The summed E-state index contributed by atoms with van der Waals surface area (Å²) in [6.45, 7) is 4.99. The number of amides is 1. The molecule has 0 atom stereocenters. The van der Waals surface area contributed by atoms with Crippen molar-refractivity contribution in [1.29, 1.82) is 0 Å². The second-order valence-corrected chi connectivity index (χ2v) is 8.32. The zero-order valence-corrected chi connectivity index (χ0v) is 15.7. The molecule has 2 rings (SSSR count). The van der Waals surface area contributed by atoms with E-state index >= 15 is 0 Å². The molecule has 0 aliphatic rings. The molecule has 130 valence electrons. The van der Waals surface area contributed by atoms with Gasteiger partial charge in [0, 0.05) is 30.6 Å². The van der Waals surface area contributed by atoms with Gasteiger partial charge in [-0.05, 0) is 35.7 Å². The highest BCUT2D eigenvalue weighted by Crippen LogP contribution is 2.18. The van der Waals surface area contributed by atoms with Gasteiger partial charge in [-0.15, -0.1) is 11.3 Å². The van der Waals surface area contributed by atoms with Gasteiger partial charge >= 0.3 is 0 Å². The maximum atomic E-state index is 12.5. The van der Waals surface area contributed by atoms with Gasteiger partial charge in [0.25, 0.3) is 5.91 Å². The van der Waals surface area contributed by atoms with E-state index in [1.807, 2.05) is 17.5 Å². The Balaban J connectivity index is 2.15. The molecule has 0 bridgehead atoms. The third-order valence-corrected chi connectivity index (χ3v) is 6.69. The number of nitrogens with zero attached hydrogens (tertiary/aromatic N) is 2. The first-order chi connectivity index (χ1) is 11.4. The first-order valence-electron chi connectivity index (χ1n) is 7.78. The van der Waals surface area contributed by atoms with Gasteiger partial charge < -0.3 is 4.90 Å². The molecule has 0 spiro atoms. The van der Waals surface area contributed by atoms with E-state index < -0.39 is 10.0 Å². The van der Waals surface area contributed by atoms with E-state index in [2.05, 4.69) is 0 Å².